The van der Waals surface area contributed by atoms with Crippen LogP contribution in [0.4, 0.5) is 8.78 Å². The third-order valence-electron chi connectivity index (χ3n) is 1.76. The van der Waals surface area contributed by atoms with E-state index in [-0.39, 0.29) is 19.5 Å². The van der Waals surface area contributed by atoms with Crippen molar-refractivity contribution >= 4 is 10.2 Å². The maximum absolute atomic E-state index is 11.7. The summed E-state index contributed by atoms with van der Waals surface area (Å²) >= 11 is 0. The van der Waals surface area contributed by atoms with E-state index in [1.165, 1.54) is 0 Å². The Hall–Kier alpha value is -0.310. The molecule has 1 aliphatic rings. The Morgan fingerprint density at radius 1 is 1.54 bits per heavy atom. The second kappa shape index (κ2) is 3.82. The van der Waals surface area contributed by atoms with Crippen molar-refractivity contribution < 1.29 is 21.9 Å². The Morgan fingerprint density at radius 3 is 2.54 bits per heavy atom. The number of nitrogens with two attached hydrogens (primary N) is 1. The third-order valence-corrected chi connectivity index (χ3v) is 2.81. The molecule has 0 radical (unpaired) electrons. The summed E-state index contributed by atoms with van der Waals surface area (Å²) in [5.74, 6) is 0. The van der Waals surface area contributed by atoms with Crippen LogP contribution in [-0.4, -0.2) is 38.5 Å². The molecular weight excluding hydrogens is 206 g/mol. The van der Waals surface area contributed by atoms with E-state index in [1.54, 1.807) is 0 Å². The Bertz CT molecular complexity index is 269. The molecular formula is C5H10F2N2O3S. The molecule has 0 aliphatic carbocycles. The second-order valence-electron chi connectivity index (χ2n) is 2.71. The van der Waals surface area contributed by atoms with Gasteiger partial charge in [0.1, 0.15) is 0 Å². The van der Waals surface area contributed by atoms with Gasteiger partial charge in [0.25, 0.3) is 10.2 Å². The van der Waals surface area contributed by atoms with Crippen LogP contribution >= 0.6 is 0 Å². The molecule has 13 heavy (non-hydrogen) atoms. The van der Waals surface area contributed by atoms with Crippen molar-refractivity contribution in [3.63, 3.8) is 0 Å². The lowest BCUT2D eigenvalue weighted by Gasteiger charge is -2.12. The normalized spacial score (nSPS) is 25.7. The van der Waals surface area contributed by atoms with Crippen molar-refractivity contribution in [3.05, 3.63) is 0 Å². The molecule has 2 N–H and O–H groups in total. The van der Waals surface area contributed by atoms with Crippen molar-refractivity contribution in [1.82, 2.24) is 4.31 Å². The summed E-state index contributed by atoms with van der Waals surface area (Å²) in [6.07, 6.45) is -0.501. The minimum absolute atomic E-state index is 0.0941. The number of rotatable bonds is 3. The maximum atomic E-state index is 11.7. The standard InChI is InChI=1S/C5H10F2N2O3S/c6-5(7)12-4-1-2-9(3-4)13(8,10)11/h4-5H,1-3H2,(H2,8,10,11). The number of hydrogen-bond acceptors (Lipinski definition) is 3. The molecule has 0 saturated carbocycles. The number of ether oxygens (including phenoxy) is 1. The van der Waals surface area contributed by atoms with Crippen molar-refractivity contribution in [2.24, 2.45) is 5.14 Å². The lowest BCUT2D eigenvalue weighted by Crippen LogP contribution is -2.35. The number of hydrogen-bond donors (Lipinski definition) is 1. The molecule has 1 aliphatic heterocycles. The topological polar surface area (TPSA) is 72.6 Å². The van der Waals surface area contributed by atoms with Gasteiger partial charge >= 0.3 is 6.61 Å². The Balaban J connectivity index is 2.46. The van der Waals surface area contributed by atoms with Gasteiger partial charge in [0.2, 0.25) is 0 Å². The fraction of sp³-hybridized carbons (Fsp3) is 1.00. The van der Waals surface area contributed by atoms with Gasteiger partial charge in [-0.05, 0) is 6.42 Å². The molecule has 1 fully saturated rings. The summed E-state index contributed by atoms with van der Waals surface area (Å²) < 4.78 is 49.9. The predicted molar refractivity (Wildman–Crippen MR) is 40.2 cm³/mol. The van der Waals surface area contributed by atoms with Crippen molar-refractivity contribution in [3.8, 4) is 0 Å². The molecule has 5 nitrogen and oxygen atoms in total. The van der Waals surface area contributed by atoms with Gasteiger partial charge in [-0.25, -0.2) is 5.14 Å². The zero-order valence-corrected chi connectivity index (χ0v) is 7.51. The highest BCUT2D eigenvalue weighted by Crippen LogP contribution is 2.16. The lowest BCUT2D eigenvalue weighted by atomic mass is 10.3. The predicted octanol–water partition coefficient (Wildman–Crippen LogP) is -0.497. The molecule has 1 rings (SSSR count). The average Bonchev–Trinajstić information content (AvgIpc) is 2.32. The molecule has 78 valence electrons. The molecule has 0 aromatic carbocycles. The summed E-state index contributed by atoms with van der Waals surface area (Å²) in [6.45, 7) is -2.83. The molecule has 8 heteroatoms. The molecule has 1 saturated heterocycles. The van der Waals surface area contributed by atoms with E-state index >= 15 is 0 Å². The van der Waals surface area contributed by atoms with E-state index in [4.69, 9.17) is 5.14 Å². The van der Waals surface area contributed by atoms with Gasteiger partial charge in [0.05, 0.1) is 6.10 Å². The first-order chi connectivity index (χ1) is 5.89. The van der Waals surface area contributed by atoms with E-state index < -0.39 is 22.9 Å². The van der Waals surface area contributed by atoms with E-state index in [0.29, 0.717) is 0 Å². The van der Waals surface area contributed by atoms with Crippen LogP contribution in [0.5, 0.6) is 0 Å². The molecule has 0 spiro atoms. The smallest absolute Gasteiger partial charge is 0.318 e. The fourth-order valence-electron chi connectivity index (χ4n) is 1.19. The first-order valence-electron chi connectivity index (χ1n) is 3.61. The van der Waals surface area contributed by atoms with Crippen molar-refractivity contribution in [2.75, 3.05) is 13.1 Å². The molecule has 0 amide bonds. The monoisotopic (exact) mass is 216 g/mol. The lowest BCUT2D eigenvalue weighted by molar-refractivity contribution is -0.157. The van der Waals surface area contributed by atoms with E-state index in [1.807, 2.05) is 0 Å². The molecule has 0 bridgehead atoms. The number of alkyl halides is 2. The summed E-state index contributed by atoms with van der Waals surface area (Å²) in [7, 11) is -3.76. The van der Waals surface area contributed by atoms with Crippen LogP contribution in [-0.2, 0) is 14.9 Å². The first kappa shape index (κ1) is 10.8. The van der Waals surface area contributed by atoms with Crippen LogP contribution in [0.3, 0.4) is 0 Å². The molecule has 0 aromatic heterocycles. The third kappa shape index (κ3) is 3.14. The zero-order chi connectivity index (χ0) is 10.1. The minimum atomic E-state index is -3.76. The fourth-order valence-corrected chi connectivity index (χ4v) is 1.92. The summed E-state index contributed by atoms with van der Waals surface area (Å²) in [5.41, 5.74) is 0. The quantitative estimate of drug-likeness (QED) is 0.691. The van der Waals surface area contributed by atoms with Gasteiger partial charge in [-0.2, -0.15) is 21.5 Å². The number of nitrogens with zero attached hydrogens (tertiary/aromatic N) is 1. The van der Waals surface area contributed by atoms with E-state index in [0.717, 1.165) is 4.31 Å². The van der Waals surface area contributed by atoms with Crippen LogP contribution in [0.25, 0.3) is 0 Å². The highest BCUT2D eigenvalue weighted by Gasteiger charge is 2.31. The van der Waals surface area contributed by atoms with Crippen LogP contribution in [0.1, 0.15) is 6.42 Å². The highest BCUT2D eigenvalue weighted by molar-refractivity contribution is 7.86. The zero-order valence-electron chi connectivity index (χ0n) is 6.69. The van der Waals surface area contributed by atoms with Gasteiger partial charge in [-0.15, -0.1) is 0 Å². The summed E-state index contributed by atoms with van der Waals surface area (Å²) in [4.78, 5) is 0. The Morgan fingerprint density at radius 2 is 2.15 bits per heavy atom. The number of halogens is 2. The van der Waals surface area contributed by atoms with Crippen LogP contribution in [0.2, 0.25) is 0 Å². The molecule has 0 aromatic rings. The minimum Gasteiger partial charge on any atom is -0.318 e. The van der Waals surface area contributed by atoms with E-state index in [2.05, 4.69) is 4.74 Å². The van der Waals surface area contributed by atoms with Crippen LogP contribution in [0, 0.1) is 0 Å². The second-order valence-corrected chi connectivity index (χ2v) is 4.26. The molecule has 1 heterocycles. The Kier molecular flexibility index (Phi) is 3.17. The summed E-state index contributed by atoms with van der Waals surface area (Å²) in [5, 5.41) is 4.79. The van der Waals surface area contributed by atoms with Gasteiger partial charge in [0, 0.05) is 13.1 Å². The van der Waals surface area contributed by atoms with Gasteiger partial charge in [-0.3, -0.25) is 0 Å². The highest BCUT2D eigenvalue weighted by atomic mass is 32.2. The average molecular weight is 216 g/mol. The molecule has 1 unspecified atom stereocenters. The molecule has 1 atom stereocenters. The van der Waals surface area contributed by atoms with Gasteiger partial charge < -0.3 is 4.74 Å². The van der Waals surface area contributed by atoms with E-state index in [9.17, 15) is 17.2 Å². The maximum Gasteiger partial charge on any atom is 0.345 e. The van der Waals surface area contributed by atoms with Crippen LogP contribution in [0.15, 0.2) is 0 Å². The first-order valence-corrected chi connectivity index (χ1v) is 5.11. The summed E-state index contributed by atoms with van der Waals surface area (Å²) in [6, 6.07) is 0. The van der Waals surface area contributed by atoms with Crippen molar-refractivity contribution in [2.45, 2.75) is 19.1 Å². The van der Waals surface area contributed by atoms with Crippen molar-refractivity contribution in [1.29, 1.82) is 0 Å². The largest absolute Gasteiger partial charge is 0.345 e. The SMILES string of the molecule is NS(=O)(=O)N1CCC(OC(F)F)C1. The Labute approximate surface area is 74.6 Å². The van der Waals surface area contributed by atoms with Gasteiger partial charge in [0.15, 0.2) is 0 Å². The van der Waals surface area contributed by atoms with Crippen LogP contribution < -0.4 is 5.14 Å². The van der Waals surface area contributed by atoms with Gasteiger partial charge in [-0.1, -0.05) is 0 Å².